The molecule has 1 fully saturated rings. The molecule has 1 atom stereocenters. The van der Waals surface area contributed by atoms with Crippen molar-refractivity contribution in [2.75, 3.05) is 5.32 Å². The number of hydrogen-bond donors (Lipinski definition) is 2. The van der Waals surface area contributed by atoms with Crippen molar-refractivity contribution in [1.82, 2.24) is 4.90 Å². The summed E-state index contributed by atoms with van der Waals surface area (Å²) in [5.41, 5.74) is 1.53. The Morgan fingerprint density at radius 2 is 1.96 bits per heavy atom. The zero-order valence-corrected chi connectivity index (χ0v) is 12.7. The summed E-state index contributed by atoms with van der Waals surface area (Å²) >= 11 is 0. The van der Waals surface area contributed by atoms with Crippen LogP contribution >= 0.6 is 0 Å². The number of amides is 1. The standard InChI is InChI=1S/C17H15N3O4/c21-15-8-5-10(9-14(15)20(23)24)16-18-13-4-2-1-3-12(13)17(22)19(16)11-6-7-11/h1-5,8-9,11,16,18,21H,6-7H2. The molecule has 1 amide bonds. The number of carbonyl (C=O) groups excluding carboxylic acids is 1. The second kappa shape index (κ2) is 5.23. The van der Waals surface area contributed by atoms with E-state index in [4.69, 9.17) is 0 Å². The lowest BCUT2D eigenvalue weighted by Crippen LogP contribution is -2.44. The number of benzene rings is 2. The number of nitrogens with zero attached hydrogens (tertiary/aromatic N) is 2. The van der Waals surface area contributed by atoms with Crippen molar-refractivity contribution in [2.45, 2.75) is 25.0 Å². The fourth-order valence-electron chi connectivity index (χ4n) is 3.10. The van der Waals surface area contributed by atoms with Crippen LogP contribution in [0.4, 0.5) is 11.4 Å². The number of hydrogen-bond acceptors (Lipinski definition) is 5. The van der Waals surface area contributed by atoms with Gasteiger partial charge in [-0.05, 0) is 31.0 Å². The highest BCUT2D eigenvalue weighted by atomic mass is 16.6. The van der Waals surface area contributed by atoms with Gasteiger partial charge in [-0.15, -0.1) is 0 Å². The number of para-hydroxylation sites is 1. The number of anilines is 1. The van der Waals surface area contributed by atoms with Crippen LogP contribution in [0.3, 0.4) is 0 Å². The topological polar surface area (TPSA) is 95.7 Å². The number of rotatable bonds is 3. The van der Waals surface area contributed by atoms with Gasteiger partial charge in [-0.3, -0.25) is 14.9 Å². The second-order valence-electron chi connectivity index (χ2n) is 6.04. The third-order valence-corrected chi connectivity index (χ3v) is 4.41. The van der Waals surface area contributed by atoms with E-state index in [2.05, 4.69) is 5.32 Å². The first-order valence-electron chi connectivity index (χ1n) is 7.72. The fourth-order valence-corrected chi connectivity index (χ4v) is 3.10. The minimum atomic E-state index is -0.626. The number of aromatic hydroxyl groups is 1. The predicted molar refractivity (Wildman–Crippen MR) is 86.8 cm³/mol. The molecule has 24 heavy (non-hydrogen) atoms. The normalized spacial score (nSPS) is 19.6. The van der Waals surface area contributed by atoms with Crippen molar-refractivity contribution >= 4 is 17.3 Å². The maximum absolute atomic E-state index is 12.9. The molecule has 4 rings (SSSR count). The molecule has 1 unspecified atom stereocenters. The molecule has 2 aromatic rings. The van der Waals surface area contributed by atoms with Gasteiger partial charge in [-0.25, -0.2) is 0 Å². The minimum absolute atomic E-state index is 0.0763. The Morgan fingerprint density at radius 1 is 1.21 bits per heavy atom. The second-order valence-corrected chi connectivity index (χ2v) is 6.04. The quantitative estimate of drug-likeness (QED) is 0.668. The summed E-state index contributed by atoms with van der Waals surface area (Å²) in [5, 5.41) is 24.1. The number of nitro benzene ring substituents is 1. The van der Waals surface area contributed by atoms with Crippen LogP contribution in [0, 0.1) is 10.1 Å². The number of phenols is 1. The van der Waals surface area contributed by atoms with Gasteiger partial charge in [-0.1, -0.05) is 18.2 Å². The van der Waals surface area contributed by atoms with Gasteiger partial charge in [0.1, 0.15) is 6.17 Å². The van der Waals surface area contributed by atoms with E-state index in [9.17, 15) is 20.0 Å². The zero-order valence-electron chi connectivity index (χ0n) is 12.7. The molecule has 7 heteroatoms. The van der Waals surface area contributed by atoms with Crippen LogP contribution in [-0.4, -0.2) is 26.9 Å². The molecular formula is C17H15N3O4. The molecular weight excluding hydrogens is 310 g/mol. The van der Waals surface area contributed by atoms with Gasteiger partial charge in [-0.2, -0.15) is 0 Å². The molecule has 0 radical (unpaired) electrons. The van der Waals surface area contributed by atoms with Gasteiger partial charge in [0.25, 0.3) is 5.91 Å². The highest BCUT2D eigenvalue weighted by Crippen LogP contribution is 2.42. The van der Waals surface area contributed by atoms with E-state index < -0.39 is 11.1 Å². The summed E-state index contributed by atoms with van der Waals surface area (Å²) in [5.74, 6) is -0.461. The zero-order chi connectivity index (χ0) is 16.8. The van der Waals surface area contributed by atoms with Crippen LogP contribution in [-0.2, 0) is 0 Å². The predicted octanol–water partition coefficient (Wildman–Crippen LogP) is 3.03. The molecule has 1 aliphatic heterocycles. The Hall–Kier alpha value is -3.09. The van der Waals surface area contributed by atoms with E-state index in [1.807, 2.05) is 18.2 Å². The number of nitro groups is 1. The maximum atomic E-state index is 12.9. The Balaban J connectivity index is 1.80. The van der Waals surface area contributed by atoms with E-state index in [-0.39, 0.29) is 23.4 Å². The van der Waals surface area contributed by atoms with E-state index in [1.54, 1.807) is 17.0 Å². The summed E-state index contributed by atoms with van der Waals surface area (Å²) in [6.45, 7) is 0. The first-order chi connectivity index (χ1) is 11.6. The number of carbonyl (C=O) groups is 1. The van der Waals surface area contributed by atoms with Gasteiger partial charge in [0.2, 0.25) is 0 Å². The van der Waals surface area contributed by atoms with Crippen LogP contribution < -0.4 is 5.32 Å². The van der Waals surface area contributed by atoms with Crippen molar-refractivity contribution in [3.05, 3.63) is 63.7 Å². The molecule has 1 heterocycles. The Morgan fingerprint density at radius 3 is 2.67 bits per heavy atom. The summed E-state index contributed by atoms with van der Waals surface area (Å²) in [4.78, 5) is 25.1. The van der Waals surface area contributed by atoms with E-state index >= 15 is 0 Å². The molecule has 0 spiro atoms. The van der Waals surface area contributed by atoms with Crippen LogP contribution in [0.25, 0.3) is 0 Å². The van der Waals surface area contributed by atoms with Crippen LogP contribution in [0.5, 0.6) is 5.75 Å². The smallest absolute Gasteiger partial charge is 0.311 e. The van der Waals surface area contributed by atoms with Gasteiger partial charge >= 0.3 is 5.69 Å². The van der Waals surface area contributed by atoms with E-state index in [1.165, 1.54) is 12.1 Å². The third kappa shape index (κ3) is 2.25. The lowest BCUT2D eigenvalue weighted by atomic mass is 10.0. The highest BCUT2D eigenvalue weighted by Gasteiger charge is 2.42. The summed E-state index contributed by atoms with van der Waals surface area (Å²) < 4.78 is 0. The van der Waals surface area contributed by atoms with Crippen molar-refractivity contribution in [2.24, 2.45) is 0 Å². The van der Waals surface area contributed by atoms with Gasteiger partial charge in [0.05, 0.1) is 10.5 Å². The number of nitrogens with one attached hydrogen (secondary N) is 1. The molecule has 7 nitrogen and oxygen atoms in total. The molecule has 0 bridgehead atoms. The highest BCUT2D eigenvalue weighted by molar-refractivity contribution is 6.02. The molecule has 1 saturated carbocycles. The number of phenolic OH excluding ortho intramolecular Hbond substituents is 1. The molecule has 1 aliphatic carbocycles. The monoisotopic (exact) mass is 325 g/mol. The van der Waals surface area contributed by atoms with Crippen molar-refractivity contribution in [3.63, 3.8) is 0 Å². The van der Waals surface area contributed by atoms with Crippen LogP contribution in [0.15, 0.2) is 42.5 Å². The maximum Gasteiger partial charge on any atom is 0.311 e. The van der Waals surface area contributed by atoms with Gasteiger partial charge in [0.15, 0.2) is 5.75 Å². The third-order valence-electron chi connectivity index (χ3n) is 4.41. The molecule has 0 saturated heterocycles. The molecule has 2 aliphatic rings. The fraction of sp³-hybridized carbons (Fsp3) is 0.235. The summed E-state index contributed by atoms with van der Waals surface area (Å²) in [6.07, 6.45) is 1.36. The largest absolute Gasteiger partial charge is 0.502 e. The molecule has 2 N–H and O–H groups in total. The molecule has 2 aromatic carbocycles. The van der Waals surface area contributed by atoms with E-state index in [0.29, 0.717) is 16.8 Å². The molecule has 122 valence electrons. The van der Waals surface area contributed by atoms with Crippen molar-refractivity contribution < 1.29 is 14.8 Å². The Kier molecular flexibility index (Phi) is 3.16. The van der Waals surface area contributed by atoms with Gasteiger partial charge < -0.3 is 15.3 Å². The summed E-state index contributed by atoms with van der Waals surface area (Å²) in [6, 6.07) is 11.6. The molecule has 0 aromatic heterocycles. The lowest BCUT2D eigenvalue weighted by molar-refractivity contribution is -0.385. The van der Waals surface area contributed by atoms with Crippen LogP contribution in [0.1, 0.15) is 34.9 Å². The van der Waals surface area contributed by atoms with Crippen LogP contribution in [0.2, 0.25) is 0 Å². The minimum Gasteiger partial charge on any atom is -0.502 e. The Bertz CT molecular complexity index is 847. The average Bonchev–Trinajstić information content (AvgIpc) is 3.39. The lowest BCUT2D eigenvalue weighted by Gasteiger charge is -2.38. The van der Waals surface area contributed by atoms with E-state index in [0.717, 1.165) is 12.8 Å². The average molecular weight is 325 g/mol. The summed E-state index contributed by atoms with van der Waals surface area (Å²) in [7, 11) is 0. The Labute approximate surface area is 137 Å². The van der Waals surface area contributed by atoms with Gasteiger partial charge in [0, 0.05) is 23.4 Å². The first kappa shape index (κ1) is 14.5. The SMILES string of the molecule is O=C1c2ccccc2NC(c2ccc(O)c([N+](=O)[O-])c2)N1C1CC1. The van der Waals surface area contributed by atoms with Crippen molar-refractivity contribution in [1.29, 1.82) is 0 Å². The first-order valence-corrected chi connectivity index (χ1v) is 7.72. The van der Waals surface area contributed by atoms with Crippen molar-refractivity contribution in [3.8, 4) is 5.75 Å². The number of fused-ring (bicyclic) bond motifs is 1.